The Balaban J connectivity index is 1.40. The van der Waals surface area contributed by atoms with Gasteiger partial charge in [0.15, 0.2) is 11.6 Å². The number of carbonyl (C=O) groups excluding carboxylic acids is 7. The highest BCUT2D eigenvalue weighted by molar-refractivity contribution is 5.97. The zero-order chi connectivity index (χ0) is 47.2. The number of fused-ring (bicyclic) bond motifs is 5. The molecule has 5 rings (SSSR count). The van der Waals surface area contributed by atoms with Gasteiger partial charge in [-0.1, -0.05) is 105 Å². The van der Waals surface area contributed by atoms with E-state index >= 15 is 0 Å². The van der Waals surface area contributed by atoms with Crippen molar-refractivity contribution in [2.75, 3.05) is 27.8 Å². The van der Waals surface area contributed by atoms with Gasteiger partial charge < -0.3 is 29.9 Å². The molecule has 4 aromatic rings. The van der Waals surface area contributed by atoms with Crippen molar-refractivity contribution in [3.63, 3.8) is 0 Å². The van der Waals surface area contributed by atoms with E-state index in [1.54, 1.807) is 19.9 Å². The Morgan fingerprint density at radius 1 is 0.800 bits per heavy atom. The Morgan fingerprint density at radius 3 is 2.08 bits per heavy atom. The summed E-state index contributed by atoms with van der Waals surface area (Å²) in [6.45, 7) is 7.31. The van der Waals surface area contributed by atoms with Crippen LogP contribution in [0.2, 0.25) is 0 Å². The second-order valence-electron chi connectivity index (χ2n) is 16.9. The maximum absolute atomic E-state index is 14.4. The van der Waals surface area contributed by atoms with Crippen molar-refractivity contribution < 1.29 is 43.0 Å². The lowest BCUT2D eigenvalue weighted by Gasteiger charge is -2.30. The molecule has 0 spiro atoms. The molecule has 4 amide bonds. The first-order chi connectivity index (χ1) is 31.1. The van der Waals surface area contributed by atoms with Gasteiger partial charge in [-0.25, -0.2) is 4.79 Å². The molecule has 13 nitrogen and oxygen atoms in total. The van der Waals surface area contributed by atoms with Crippen molar-refractivity contribution in [2.45, 2.75) is 103 Å². The quantitative estimate of drug-likeness (QED) is 0.117. The fourth-order valence-electron chi connectivity index (χ4n) is 8.11. The second-order valence-corrected chi connectivity index (χ2v) is 16.9. The number of ether oxygens (including phenoxy) is 2. The molecule has 1 aliphatic heterocycles. The SMILES string of the molecule is CCC(=O)N(C)[C@H](COCc1ccccc1)C(=O)N[C@H](CCc1ccccc1)C(=O)CCC(=O)N(C)[C@@H]1C(=O)C[C@@H](C)C(=O)N[C@H](C(=O)OC)Cc2ccc(C)c(c2)-c2cc1ccc2C. The molecule has 0 fully saturated rings. The van der Waals surface area contributed by atoms with E-state index in [2.05, 4.69) is 10.6 Å². The monoisotopic (exact) mass is 886 g/mol. The first-order valence-corrected chi connectivity index (χ1v) is 22.2. The third-order valence-electron chi connectivity index (χ3n) is 12.2. The molecule has 344 valence electrons. The number of methoxy groups -OCH3 is 1. The topological polar surface area (TPSA) is 168 Å². The maximum Gasteiger partial charge on any atom is 0.328 e. The number of likely N-dealkylation sites (N-methyl/N-ethyl adjacent to an activating group) is 2. The molecule has 65 heavy (non-hydrogen) atoms. The van der Waals surface area contributed by atoms with E-state index in [0.29, 0.717) is 12.0 Å². The lowest BCUT2D eigenvalue weighted by atomic mass is 9.87. The number of Topliss-reactive ketones (excluding diaryl/α,β-unsaturated/α-hetero) is 2. The highest BCUT2D eigenvalue weighted by Gasteiger charge is 2.35. The molecule has 0 radical (unpaired) electrons. The summed E-state index contributed by atoms with van der Waals surface area (Å²) in [4.78, 5) is 98.8. The number of nitrogens with one attached hydrogen (secondary N) is 2. The number of amides is 4. The van der Waals surface area contributed by atoms with Gasteiger partial charge in [0.05, 0.1) is 26.4 Å². The van der Waals surface area contributed by atoms with Crippen molar-refractivity contribution in [1.29, 1.82) is 0 Å². The number of hydrogen-bond donors (Lipinski definition) is 2. The third kappa shape index (κ3) is 13.3. The number of aryl methyl sites for hydroxylation is 3. The number of rotatable bonds is 17. The predicted molar refractivity (Wildman–Crippen MR) is 247 cm³/mol. The number of benzene rings is 4. The van der Waals surface area contributed by atoms with Crippen LogP contribution in [-0.2, 0) is 62.5 Å². The van der Waals surface area contributed by atoms with Gasteiger partial charge in [-0.05, 0) is 77.3 Å². The zero-order valence-electron chi connectivity index (χ0n) is 38.6. The van der Waals surface area contributed by atoms with Gasteiger partial charge in [0.25, 0.3) is 0 Å². The summed E-state index contributed by atoms with van der Waals surface area (Å²) in [5, 5.41) is 5.68. The summed E-state index contributed by atoms with van der Waals surface area (Å²) in [6, 6.07) is 26.2. The van der Waals surface area contributed by atoms with Gasteiger partial charge in [0.2, 0.25) is 23.6 Å². The summed E-state index contributed by atoms with van der Waals surface area (Å²) < 4.78 is 11.0. The van der Waals surface area contributed by atoms with Crippen LogP contribution in [0.3, 0.4) is 0 Å². The second kappa shape index (κ2) is 23.5. The highest BCUT2D eigenvalue weighted by Crippen LogP contribution is 2.34. The molecule has 4 bridgehead atoms. The lowest BCUT2D eigenvalue weighted by molar-refractivity contribution is -0.145. The van der Waals surface area contributed by atoms with Crippen molar-refractivity contribution >= 4 is 41.2 Å². The van der Waals surface area contributed by atoms with E-state index in [9.17, 15) is 33.6 Å². The molecule has 0 aromatic heterocycles. The number of carbonyl (C=O) groups is 7. The molecular weight excluding hydrogens is 825 g/mol. The standard InChI is InChI=1S/C52H62N4O9/c1-8-47(59)55(5)44(32-65-31-37-17-13-10-14-18-37)51(62)53-42(24-22-36-15-11-9-12-16-36)45(57)25-26-48(60)56(6)49-39-23-20-34(3)41(30-39)40-28-38(21-19-33(40)2)29-43(52(63)64-7)54-50(61)35(4)27-46(49)58/h9-21,23,28,30,35,42-44,49H,8,22,24-27,29,31-32H2,1-7H3,(H,53,62)(H,54,61)/t35-,42-,43+,44-,49+/m1/s1. The molecule has 0 saturated heterocycles. The lowest BCUT2D eigenvalue weighted by Crippen LogP contribution is -2.54. The Labute approximate surface area is 382 Å². The van der Waals surface area contributed by atoms with Crippen molar-refractivity contribution in [3.8, 4) is 11.1 Å². The van der Waals surface area contributed by atoms with Crippen LogP contribution in [0.4, 0.5) is 0 Å². The summed E-state index contributed by atoms with van der Waals surface area (Å²) >= 11 is 0. The summed E-state index contributed by atoms with van der Waals surface area (Å²) in [7, 11) is 4.30. The molecule has 0 aliphatic carbocycles. The molecule has 4 aromatic carbocycles. The molecule has 0 saturated carbocycles. The molecule has 1 heterocycles. The minimum atomic E-state index is -1.12. The Kier molecular flexibility index (Phi) is 17.9. The fraction of sp³-hybridized carbons (Fsp3) is 0.404. The van der Waals surface area contributed by atoms with Crippen molar-refractivity contribution in [3.05, 3.63) is 130 Å². The van der Waals surface area contributed by atoms with E-state index < -0.39 is 59.6 Å². The van der Waals surface area contributed by atoms with Crippen molar-refractivity contribution in [2.24, 2.45) is 5.92 Å². The van der Waals surface area contributed by atoms with Gasteiger partial charge in [-0.3, -0.25) is 28.8 Å². The smallest absolute Gasteiger partial charge is 0.328 e. The number of esters is 1. The normalized spacial score (nSPS) is 17.1. The van der Waals surface area contributed by atoms with Crippen LogP contribution >= 0.6 is 0 Å². The molecule has 13 heteroatoms. The average molecular weight is 887 g/mol. The molecule has 0 unspecified atom stereocenters. The Morgan fingerprint density at radius 2 is 1.43 bits per heavy atom. The fourth-order valence-corrected chi connectivity index (χ4v) is 8.11. The molecule has 5 atom stereocenters. The molecular formula is C52H62N4O9. The van der Waals surface area contributed by atoms with Crippen LogP contribution in [-0.4, -0.2) is 96.9 Å². The summed E-state index contributed by atoms with van der Waals surface area (Å²) in [5.41, 5.74) is 6.77. The molecule has 2 N–H and O–H groups in total. The van der Waals surface area contributed by atoms with Gasteiger partial charge >= 0.3 is 5.97 Å². The van der Waals surface area contributed by atoms with Crippen LogP contribution in [0.15, 0.2) is 97.1 Å². The van der Waals surface area contributed by atoms with Crippen LogP contribution in [0.1, 0.15) is 85.4 Å². The van der Waals surface area contributed by atoms with E-state index in [1.807, 2.05) is 105 Å². The first kappa shape index (κ1) is 49.5. The number of nitrogens with zero attached hydrogens (tertiary/aromatic N) is 2. The van der Waals surface area contributed by atoms with Gasteiger partial charge in [-0.15, -0.1) is 0 Å². The van der Waals surface area contributed by atoms with Gasteiger partial charge in [-0.2, -0.15) is 0 Å². The van der Waals surface area contributed by atoms with Crippen LogP contribution < -0.4 is 10.6 Å². The van der Waals surface area contributed by atoms with Gasteiger partial charge in [0.1, 0.15) is 18.1 Å². The zero-order valence-corrected chi connectivity index (χ0v) is 38.6. The first-order valence-electron chi connectivity index (χ1n) is 22.2. The number of hydrogen-bond acceptors (Lipinski definition) is 9. The van der Waals surface area contributed by atoms with Gasteiger partial charge in [0, 0.05) is 52.1 Å². The predicted octanol–water partition coefficient (Wildman–Crippen LogP) is 6.20. The average Bonchev–Trinajstić information content (AvgIpc) is 3.31. The highest BCUT2D eigenvalue weighted by atomic mass is 16.5. The van der Waals surface area contributed by atoms with E-state index in [0.717, 1.165) is 38.9 Å². The molecule has 1 aliphatic rings. The summed E-state index contributed by atoms with van der Waals surface area (Å²) in [5.74, 6) is -4.11. The van der Waals surface area contributed by atoms with E-state index in [1.165, 1.54) is 31.0 Å². The maximum atomic E-state index is 14.4. The summed E-state index contributed by atoms with van der Waals surface area (Å²) in [6.07, 6.45) is 0.255. The minimum absolute atomic E-state index is 0.112. The van der Waals surface area contributed by atoms with Crippen LogP contribution in [0, 0.1) is 19.8 Å². The third-order valence-corrected chi connectivity index (χ3v) is 12.2. The van der Waals surface area contributed by atoms with Crippen LogP contribution in [0.25, 0.3) is 11.1 Å². The largest absolute Gasteiger partial charge is 0.467 e. The van der Waals surface area contributed by atoms with E-state index in [-0.39, 0.29) is 63.4 Å². The Bertz CT molecular complexity index is 2330. The number of ketones is 2. The van der Waals surface area contributed by atoms with E-state index in [4.69, 9.17) is 9.47 Å². The van der Waals surface area contributed by atoms with Crippen LogP contribution in [0.5, 0.6) is 0 Å². The minimum Gasteiger partial charge on any atom is -0.467 e. The Hall–Kier alpha value is -6.47. The van der Waals surface area contributed by atoms with Crippen molar-refractivity contribution in [1.82, 2.24) is 20.4 Å².